The highest BCUT2D eigenvalue weighted by molar-refractivity contribution is 6.18. The second kappa shape index (κ2) is 6.79. The molecule has 0 aliphatic carbocycles. The number of aldehydes is 1. The van der Waals surface area contributed by atoms with Crippen LogP contribution in [0.1, 0.15) is 20.8 Å². The van der Waals surface area contributed by atoms with Gasteiger partial charge in [-0.2, -0.15) is 13.2 Å². The number of carbonyl (C=O) groups excluding carboxylic acids is 2. The standard InChI is InChI=1S/C19H14F3NO4/c1-26-12-8-13(27-2)16(18(25)19(20,21)22)17-15(12)14(11(9-24)23-17)10-6-4-3-5-7-10/h3-9,23H,1-2H3. The number of nitrogens with one attached hydrogen (secondary N) is 1. The van der Waals surface area contributed by atoms with Gasteiger partial charge in [-0.15, -0.1) is 0 Å². The van der Waals surface area contributed by atoms with Gasteiger partial charge in [-0.1, -0.05) is 30.3 Å². The fourth-order valence-corrected chi connectivity index (χ4v) is 3.02. The number of hydrogen-bond donors (Lipinski definition) is 1. The van der Waals surface area contributed by atoms with Crippen molar-refractivity contribution in [1.82, 2.24) is 4.98 Å². The van der Waals surface area contributed by atoms with Crippen LogP contribution in [-0.2, 0) is 0 Å². The lowest BCUT2D eigenvalue weighted by Gasteiger charge is -2.14. The van der Waals surface area contributed by atoms with Crippen molar-refractivity contribution in [2.75, 3.05) is 14.2 Å². The lowest BCUT2D eigenvalue weighted by molar-refractivity contribution is -0.0885. The first-order valence-electron chi connectivity index (χ1n) is 7.76. The van der Waals surface area contributed by atoms with E-state index in [0.717, 1.165) is 7.11 Å². The molecule has 2 aromatic carbocycles. The van der Waals surface area contributed by atoms with E-state index in [1.54, 1.807) is 30.3 Å². The summed E-state index contributed by atoms with van der Waals surface area (Å²) >= 11 is 0. The zero-order valence-corrected chi connectivity index (χ0v) is 14.3. The van der Waals surface area contributed by atoms with Crippen LogP contribution in [0.4, 0.5) is 13.2 Å². The fraction of sp³-hybridized carbons (Fsp3) is 0.158. The maximum absolute atomic E-state index is 13.2. The third-order valence-electron chi connectivity index (χ3n) is 4.14. The Morgan fingerprint density at radius 1 is 1.07 bits per heavy atom. The summed E-state index contributed by atoms with van der Waals surface area (Å²) < 4.78 is 49.8. The number of carbonyl (C=O) groups is 2. The first-order valence-corrected chi connectivity index (χ1v) is 7.76. The number of fused-ring (bicyclic) bond motifs is 1. The van der Waals surface area contributed by atoms with Gasteiger partial charge in [0, 0.05) is 11.6 Å². The first-order chi connectivity index (χ1) is 12.8. The van der Waals surface area contributed by atoms with Crippen LogP contribution < -0.4 is 9.47 Å². The quantitative estimate of drug-likeness (QED) is 0.528. The second-order valence-electron chi connectivity index (χ2n) is 5.63. The van der Waals surface area contributed by atoms with Gasteiger partial charge < -0.3 is 14.5 Å². The van der Waals surface area contributed by atoms with Crippen LogP contribution in [0.25, 0.3) is 22.0 Å². The molecule has 0 spiro atoms. The van der Waals surface area contributed by atoms with E-state index in [0.29, 0.717) is 17.4 Å². The van der Waals surface area contributed by atoms with Crippen molar-refractivity contribution in [2.45, 2.75) is 6.18 Å². The van der Waals surface area contributed by atoms with Crippen LogP contribution in [0.2, 0.25) is 0 Å². The summed E-state index contributed by atoms with van der Waals surface area (Å²) in [5.74, 6) is -2.21. The van der Waals surface area contributed by atoms with Crippen molar-refractivity contribution in [1.29, 1.82) is 0 Å². The number of ether oxygens (including phenoxy) is 2. The Morgan fingerprint density at radius 2 is 1.70 bits per heavy atom. The topological polar surface area (TPSA) is 68.4 Å². The van der Waals surface area contributed by atoms with E-state index in [-0.39, 0.29) is 28.1 Å². The van der Waals surface area contributed by atoms with Crippen molar-refractivity contribution in [3.63, 3.8) is 0 Å². The minimum Gasteiger partial charge on any atom is -0.496 e. The largest absolute Gasteiger partial charge is 0.496 e. The van der Waals surface area contributed by atoms with Crippen LogP contribution in [0, 0.1) is 0 Å². The maximum Gasteiger partial charge on any atom is 0.455 e. The Morgan fingerprint density at radius 3 is 2.22 bits per heavy atom. The van der Waals surface area contributed by atoms with Gasteiger partial charge in [-0.25, -0.2) is 0 Å². The molecular formula is C19H14F3NO4. The number of rotatable bonds is 5. The van der Waals surface area contributed by atoms with Gasteiger partial charge in [0.05, 0.1) is 36.4 Å². The fourth-order valence-electron chi connectivity index (χ4n) is 3.02. The highest BCUT2D eigenvalue weighted by atomic mass is 19.4. The summed E-state index contributed by atoms with van der Waals surface area (Å²) in [6.45, 7) is 0. The molecule has 0 aliphatic heterocycles. The molecule has 140 valence electrons. The van der Waals surface area contributed by atoms with E-state index in [9.17, 15) is 22.8 Å². The third kappa shape index (κ3) is 3.03. The van der Waals surface area contributed by atoms with E-state index in [2.05, 4.69) is 4.98 Å². The zero-order valence-electron chi connectivity index (χ0n) is 14.3. The summed E-state index contributed by atoms with van der Waals surface area (Å²) in [6, 6.07) is 9.81. The highest BCUT2D eigenvalue weighted by Gasteiger charge is 2.43. The van der Waals surface area contributed by atoms with Crippen LogP contribution >= 0.6 is 0 Å². The minimum atomic E-state index is -5.12. The number of H-pyrrole nitrogens is 1. The smallest absolute Gasteiger partial charge is 0.455 e. The van der Waals surface area contributed by atoms with Gasteiger partial charge in [0.25, 0.3) is 5.78 Å². The molecule has 5 nitrogen and oxygen atoms in total. The van der Waals surface area contributed by atoms with Gasteiger partial charge in [-0.05, 0) is 5.56 Å². The number of ketones is 1. The highest BCUT2D eigenvalue weighted by Crippen LogP contribution is 2.44. The van der Waals surface area contributed by atoms with E-state index >= 15 is 0 Å². The van der Waals surface area contributed by atoms with Gasteiger partial charge in [0.15, 0.2) is 6.29 Å². The Hall–Kier alpha value is -3.29. The molecule has 0 saturated heterocycles. The van der Waals surface area contributed by atoms with Crippen molar-refractivity contribution >= 4 is 23.0 Å². The van der Waals surface area contributed by atoms with Crippen molar-refractivity contribution in [2.24, 2.45) is 0 Å². The molecule has 0 fully saturated rings. The Kier molecular flexibility index (Phi) is 4.65. The first kappa shape index (κ1) is 18.5. The number of methoxy groups -OCH3 is 2. The van der Waals surface area contributed by atoms with Crippen LogP contribution in [-0.4, -0.2) is 37.4 Å². The van der Waals surface area contributed by atoms with Crippen molar-refractivity contribution in [3.8, 4) is 22.6 Å². The van der Waals surface area contributed by atoms with Gasteiger partial charge >= 0.3 is 6.18 Å². The Balaban J connectivity index is 2.50. The number of halogens is 3. The Bertz CT molecular complexity index is 1020. The molecule has 1 heterocycles. The minimum absolute atomic E-state index is 0.0268. The van der Waals surface area contributed by atoms with E-state index in [4.69, 9.17) is 9.47 Å². The second-order valence-corrected chi connectivity index (χ2v) is 5.63. The predicted molar refractivity (Wildman–Crippen MR) is 92.6 cm³/mol. The Labute approximate surface area is 151 Å². The predicted octanol–water partition coefficient (Wildman–Crippen LogP) is 4.41. The lowest BCUT2D eigenvalue weighted by atomic mass is 9.98. The maximum atomic E-state index is 13.2. The molecular weight excluding hydrogens is 363 g/mol. The number of Topliss-reactive ketones (excluding diaryl/α,β-unsaturated/α-hetero) is 1. The molecule has 0 amide bonds. The average molecular weight is 377 g/mol. The molecule has 1 aromatic heterocycles. The summed E-state index contributed by atoms with van der Waals surface area (Å²) in [5.41, 5.74) is 0.0792. The number of benzene rings is 2. The molecule has 0 atom stereocenters. The summed E-state index contributed by atoms with van der Waals surface area (Å²) in [4.78, 5) is 26.3. The molecule has 0 aliphatic rings. The summed E-state index contributed by atoms with van der Waals surface area (Å²) in [7, 11) is 2.48. The van der Waals surface area contributed by atoms with Crippen molar-refractivity contribution < 1.29 is 32.2 Å². The average Bonchev–Trinajstić information content (AvgIpc) is 3.05. The molecule has 0 radical (unpaired) electrons. The van der Waals surface area contributed by atoms with Crippen LogP contribution in [0.3, 0.4) is 0 Å². The number of hydrogen-bond acceptors (Lipinski definition) is 4. The SMILES string of the molecule is COc1cc(OC)c2c(-c3ccccc3)c(C=O)[nH]c2c1C(=O)C(F)(F)F. The van der Waals surface area contributed by atoms with Crippen LogP contribution in [0.5, 0.6) is 11.5 Å². The summed E-state index contributed by atoms with van der Waals surface area (Å²) in [5, 5.41) is 0.194. The molecule has 0 bridgehead atoms. The van der Waals surface area contributed by atoms with Gasteiger partial charge in [0.1, 0.15) is 11.5 Å². The molecule has 0 unspecified atom stereocenters. The van der Waals surface area contributed by atoms with Crippen molar-refractivity contribution in [3.05, 3.63) is 47.7 Å². The number of aromatic amines is 1. The monoisotopic (exact) mass is 377 g/mol. The molecule has 8 heteroatoms. The van der Waals surface area contributed by atoms with E-state index in [1.807, 2.05) is 0 Å². The van der Waals surface area contributed by atoms with E-state index in [1.165, 1.54) is 13.2 Å². The normalized spacial score (nSPS) is 11.4. The molecule has 0 saturated carbocycles. The number of aromatic nitrogens is 1. The molecule has 3 aromatic rings. The van der Waals surface area contributed by atoms with Gasteiger partial charge in [-0.3, -0.25) is 9.59 Å². The third-order valence-corrected chi connectivity index (χ3v) is 4.14. The molecule has 1 N–H and O–H groups in total. The van der Waals surface area contributed by atoms with E-state index < -0.39 is 17.5 Å². The molecule has 27 heavy (non-hydrogen) atoms. The zero-order chi connectivity index (χ0) is 19.8. The van der Waals surface area contributed by atoms with Gasteiger partial charge in [0.2, 0.25) is 0 Å². The summed E-state index contributed by atoms with van der Waals surface area (Å²) in [6.07, 6.45) is -4.63. The number of alkyl halides is 3. The lowest BCUT2D eigenvalue weighted by Crippen LogP contribution is -2.23. The van der Waals surface area contributed by atoms with Crippen LogP contribution in [0.15, 0.2) is 36.4 Å². The molecule has 3 rings (SSSR count).